The first kappa shape index (κ1) is 26.6. The Morgan fingerprint density at radius 2 is 1.89 bits per heavy atom. The quantitative estimate of drug-likeness (QED) is 0.444. The highest BCUT2D eigenvalue weighted by molar-refractivity contribution is 7.99. The number of carbonyl (C=O) groups excluding carboxylic acids is 1. The van der Waals surface area contributed by atoms with Gasteiger partial charge in [-0.05, 0) is 42.2 Å². The van der Waals surface area contributed by atoms with Crippen LogP contribution in [0.2, 0.25) is 0 Å². The van der Waals surface area contributed by atoms with Crippen molar-refractivity contribution < 1.29 is 27.9 Å². The van der Waals surface area contributed by atoms with E-state index in [-0.39, 0.29) is 11.9 Å². The molecule has 1 fully saturated rings. The second-order valence-electron chi connectivity index (χ2n) is 8.10. The van der Waals surface area contributed by atoms with Crippen LogP contribution in [0.1, 0.15) is 29.7 Å². The van der Waals surface area contributed by atoms with Crippen molar-refractivity contribution in [2.24, 2.45) is 0 Å². The number of hydrogen-bond donors (Lipinski definition) is 3. The molecule has 2 heterocycles. The van der Waals surface area contributed by atoms with E-state index < -0.39 is 12.1 Å². The fourth-order valence-corrected chi connectivity index (χ4v) is 4.36. The lowest BCUT2D eigenvalue weighted by Crippen LogP contribution is -2.48. The van der Waals surface area contributed by atoms with Crippen molar-refractivity contribution in [3.05, 3.63) is 59.2 Å². The van der Waals surface area contributed by atoms with Gasteiger partial charge in [-0.2, -0.15) is 13.2 Å². The Kier molecular flexibility index (Phi) is 8.79. The molecular formula is C24H27F3N4O3S. The molecule has 0 radical (unpaired) electrons. The third kappa shape index (κ3) is 7.46. The molecule has 1 unspecified atom stereocenters. The zero-order valence-corrected chi connectivity index (χ0v) is 20.2. The number of thioether (sulfide) groups is 1. The lowest BCUT2D eigenvalue weighted by atomic mass is 10.0. The van der Waals surface area contributed by atoms with Crippen molar-refractivity contribution in [1.29, 1.82) is 0 Å². The number of piperazine rings is 1. The third-order valence-electron chi connectivity index (χ3n) is 5.51. The van der Waals surface area contributed by atoms with E-state index in [4.69, 9.17) is 9.90 Å². The molecule has 1 aliphatic heterocycles. The molecule has 11 heteroatoms. The van der Waals surface area contributed by atoms with Crippen molar-refractivity contribution in [2.45, 2.75) is 37.6 Å². The Balaban J connectivity index is 0.000000429. The van der Waals surface area contributed by atoms with Gasteiger partial charge in [-0.1, -0.05) is 49.0 Å². The highest BCUT2D eigenvalue weighted by Gasteiger charge is 2.38. The average Bonchev–Trinajstić information content (AvgIpc) is 3.24. The van der Waals surface area contributed by atoms with Gasteiger partial charge in [-0.3, -0.25) is 4.79 Å². The molecule has 7 nitrogen and oxygen atoms in total. The number of rotatable bonds is 5. The van der Waals surface area contributed by atoms with Crippen LogP contribution < -0.4 is 5.32 Å². The van der Waals surface area contributed by atoms with Crippen LogP contribution in [0.25, 0.3) is 11.0 Å². The van der Waals surface area contributed by atoms with Crippen molar-refractivity contribution in [1.82, 2.24) is 20.2 Å². The SMILES string of the molecule is CCc1ccc(C2CN(C(=O)CSc3nc4ccc(C)cc4[nH]3)CCN2)cc1.O=C(O)C(F)(F)F. The summed E-state index contributed by atoms with van der Waals surface area (Å²) in [6.45, 7) is 6.51. The van der Waals surface area contributed by atoms with Gasteiger partial charge >= 0.3 is 12.1 Å². The highest BCUT2D eigenvalue weighted by Crippen LogP contribution is 2.22. The number of benzene rings is 2. The first-order valence-corrected chi connectivity index (χ1v) is 12.0. The topological polar surface area (TPSA) is 98.3 Å². The maximum atomic E-state index is 12.8. The molecule has 0 bridgehead atoms. The van der Waals surface area contributed by atoms with Crippen LogP contribution in [0.5, 0.6) is 0 Å². The largest absolute Gasteiger partial charge is 0.490 e. The predicted octanol–water partition coefficient (Wildman–Crippen LogP) is 4.33. The smallest absolute Gasteiger partial charge is 0.475 e. The lowest BCUT2D eigenvalue weighted by molar-refractivity contribution is -0.192. The van der Waals surface area contributed by atoms with Gasteiger partial charge in [-0.25, -0.2) is 9.78 Å². The molecule has 1 saturated heterocycles. The molecule has 188 valence electrons. The molecule has 2 aromatic carbocycles. The molecule has 35 heavy (non-hydrogen) atoms. The first-order valence-electron chi connectivity index (χ1n) is 11.1. The van der Waals surface area contributed by atoms with Crippen LogP contribution in [0, 0.1) is 6.92 Å². The number of nitrogens with zero attached hydrogens (tertiary/aromatic N) is 2. The van der Waals surface area contributed by atoms with Crippen molar-refractivity contribution in [2.75, 3.05) is 25.4 Å². The van der Waals surface area contributed by atoms with Gasteiger partial charge in [0.05, 0.1) is 16.8 Å². The molecule has 1 aromatic heterocycles. The van der Waals surface area contributed by atoms with E-state index in [1.54, 1.807) is 0 Å². The minimum absolute atomic E-state index is 0.165. The van der Waals surface area contributed by atoms with Crippen molar-refractivity contribution in [3.8, 4) is 0 Å². The number of aromatic nitrogens is 2. The number of carboxylic acid groups (broad SMARTS) is 1. The number of aromatic amines is 1. The third-order valence-corrected chi connectivity index (χ3v) is 6.37. The van der Waals surface area contributed by atoms with Crippen LogP contribution in [0.4, 0.5) is 13.2 Å². The van der Waals surface area contributed by atoms with Gasteiger partial charge in [-0.15, -0.1) is 0 Å². The summed E-state index contributed by atoms with van der Waals surface area (Å²) < 4.78 is 31.7. The second kappa shape index (κ2) is 11.6. The summed E-state index contributed by atoms with van der Waals surface area (Å²) in [5.41, 5.74) is 5.74. The number of aryl methyl sites for hydroxylation is 2. The number of H-pyrrole nitrogens is 1. The fourth-order valence-electron chi connectivity index (χ4n) is 3.58. The van der Waals surface area contributed by atoms with Crippen LogP contribution in [-0.2, 0) is 16.0 Å². The number of halogens is 3. The van der Waals surface area contributed by atoms with E-state index >= 15 is 0 Å². The zero-order chi connectivity index (χ0) is 25.6. The number of imidazole rings is 1. The predicted molar refractivity (Wildman–Crippen MR) is 128 cm³/mol. The number of carboxylic acids is 1. The number of hydrogen-bond acceptors (Lipinski definition) is 5. The summed E-state index contributed by atoms with van der Waals surface area (Å²) in [7, 11) is 0. The number of fused-ring (bicyclic) bond motifs is 1. The molecule has 3 aromatic rings. The zero-order valence-electron chi connectivity index (χ0n) is 19.4. The van der Waals surface area contributed by atoms with Gasteiger partial charge < -0.3 is 20.3 Å². The van der Waals surface area contributed by atoms with Gasteiger partial charge in [0, 0.05) is 25.7 Å². The van der Waals surface area contributed by atoms with E-state index in [0.29, 0.717) is 12.3 Å². The monoisotopic (exact) mass is 508 g/mol. The molecule has 1 atom stereocenters. The summed E-state index contributed by atoms with van der Waals surface area (Å²) >= 11 is 1.48. The lowest BCUT2D eigenvalue weighted by Gasteiger charge is -2.34. The van der Waals surface area contributed by atoms with Gasteiger partial charge in [0.2, 0.25) is 5.91 Å². The molecule has 0 spiro atoms. The highest BCUT2D eigenvalue weighted by atomic mass is 32.2. The minimum atomic E-state index is -5.08. The number of amides is 1. The van der Waals surface area contributed by atoms with Gasteiger partial charge in [0.25, 0.3) is 0 Å². The molecule has 3 N–H and O–H groups in total. The van der Waals surface area contributed by atoms with Crippen molar-refractivity contribution in [3.63, 3.8) is 0 Å². The summed E-state index contributed by atoms with van der Waals surface area (Å²) in [5, 5.41) is 11.5. The molecule has 1 amide bonds. The van der Waals surface area contributed by atoms with E-state index in [9.17, 15) is 18.0 Å². The van der Waals surface area contributed by atoms with E-state index in [0.717, 1.165) is 35.7 Å². The first-order chi connectivity index (χ1) is 16.6. The Labute approximate surface area is 205 Å². The Bertz CT molecular complexity index is 1170. The molecular weight excluding hydrogens is 481 g/mol. The molecule has 0 aliphatic carbocycles. The number of nitrogens with one attached hydrogen (secondary N) is 2. The fraction of sp³-hybridized carbons (Fsp3) is 0.375. The van der Waals surface area contributed by atoms with E-state index in [1.165, 1.54) is 28.5 Å². The number of alkyl halides is 3. The second-order valence-corrected chi connectivity index (χ2v) is 9.06. The molecule has 4 rings (SSSR count). The normalized spacial score (nSPS) is 16.0. The standard InChI is InChI=1S/C22H26N4OS.C2HF3O2/c1-3-16-5-7-17(8-6-16)20-13-26(11-10-23-20)21(27)14-28-22-24-18-9-4-15(2)12-19(18)25-22;3-2(4,5)1(6)7/h4-9,12,20,23H,3,10-11,13-14H2,1-2H3,(H,24,25);(H,6,7). The number of carbonyl (C=O) groups is 2. The molecule has 0 saturated carbocycles. The number of aliphatic carboxylic acids is 1. The Morgan fingerprint density at radius 1 is 1.20 bits per heavy atom. The average molecular weight is 509 g/mol. The van der Waals surface area contributed by atoms with Crippen LogP contribution in [0.3, 0.4) is 0 Å². The van der Waals surface area contributed by atoms with Crippen LogP contribution in [0.15, 0.2) is 47.6 Å². The summed E-state index contributed by atoms with van der Waals surface area (Å²) in [4.78, 5) is 31.5. The maximum Gasteiger partial charge on any atom is 0.490 e. The van der Waals surface area contributed by atoms with Gasteiger partial charge in [0.15, 0.2) is 5.16 Å². The summed E-state index contributed by atoms with van der Waals surface area (Å²) in [6, 6.07) is 15.1. The Hall–Kier alpha value is -3.05. The van der Waals surface area contributed by atoms with Gasteiger partial charge in [0.1, 0.15) is 0 Å². The molecule has 1 aliphatic rings. The maximum absolute atomic E-state index is 12.8. The van der Waals surface area contributed by atoms with Crippen LogP contribution in [-0.4, -0.2) is 63.4 Å². The Morgan fingerprint density at radius 3 is 2.51 bits per heavy atom. The minimum Gasteiger partial charge on any atom is -0.475 e. The summed E-state index contributed by atoms with van der Waals surface area (Å²) in [6.07, 6.45) is -4.04. The van der Waals surface area contributed by atoms with E-state index in [2.05, 4.69) is 65.5 Å². The van der Waals surface area contributed by atoms with Crippen molar-refractivity contribution >= 4 is 34.7 Å². The van der Waals surface area contributed by atoms with Crippen LogP contribution >= 0.6 is 11.8 Å². The van der Waals surface area contributed by atoms with E-state index in [1.807, 2.05) is 11.0 Å². The summed E-state index contributed by atoms with van der Waals surface area (Å²) in [5.74, 6) is -2.19.